The topological polar surface area (TPSA) is 18.5 Å². The molecule has 0 aliphatic carbocycles. The maximum absolute atomic E-state index is 5.61. The number of ether oxygens (including phenoxy) is 2. The summed E-state index contributed by atoms with van der Waals surface area (Å²) in [4.78, 5) is 1.21. The van der Waals surface area contributed by atoms with Crippen molar-refractivity contribution in [1.82, 2.24) is 0 Å². The Hall–Kier alpha value is -0.480. The van der Waals surface area contributed by atoms with E-state index < -0.39 is 0 Å². The molecule has 2 nitrogen and oxygen atoms in total. The Morgan fingerprint density at radius 1 is 1.29 bits per heavy atom. The Bertz CT molecular complexity index is 358. The summed E-state index contributed by atoms with van der Waals surface area (Å²) in [5.74, 6) is 0.904. The fraction of sp³-hybridized carbons (Fsp3) is 0.385. The van der Waals surface area contributed by atoms with E-state index in [1.165, 1.54) is 4.90 Å². The summed E-state index contributed by atoms with van der Waals surface area (Å²) in [6.45, 7) is 2.01. The Kier molecular flexibility index (Phi) is 6.66. The maximum atomic E-state index is 5.61. The van der Waals surface area contributed by atoms with Crippen LogP contribution in [-0.2, 0) is 9.47 Å². The smallest absolute Gasteiger partial charge is 0.183 e. The molecule has 0 aliphatic rings. The Labute approximate surface area is 112 Å². The highest BCUT2D eigenvalue weighted by atomic mass is 35.5. The minimum absolute atomic E-state index is 0.293. The molecule has 1 aromatic rings. The number of methoxy groups -OCH3 is 2. The molecule has 94 valence electrons. The van der Waals surface area contributed by atoms with Crippen LogP contribution in [-0.4, -0.2) is 20.0 Å². The summed E-state index contributed by atoms with van der Waals surface area (Å²) >= 11 is 7.37. The molecular weight excluding hydrogens is 256 g/mol. The molecule has 0 saturated carbocycles. The van der Waals surface area contributed by atoms with E-state index in [0.29, 0.717) is 0 Å². The van der Waals surface area contributed by atoms with Crippen LogP contribution in [0.15, 0.2) is 40.3 Å². The second kappa shape index (κ2) is 7.77. The first kappa shape index (κ1) is 14.6. The second-order valence-electron chi connectivity index (χ2n) is 3.62. The Morgan fingerprint density at radius 2 is 1.88 bits per heavy atom. The lowest BCUT2D eigenvalue weighted by Gasteiger charge is -2.13. The summed E-state index contributed by atoms with van der Waals surface area (Å²) in [5, 5.41) is 0. The van der Waals surface area contributed by atoms with E-state index in [4.69, 9.17) is 21.1 Å². The largest absolute Gasteiger partial charge is 0.352 e. The highest BCUT2D eigenvalue weighted by Gasteiger charge is 2.07. The number of thioether (sulfide) groups is 1. The van der Waals surface area contributed by atoms with Crippen molar-refractivity contribution in [1.29, 1.82) is 0 Å². The number of hydrogen-bond acceptors (Lipinski definition) is 3. The molecule has 0 saturated heterocycles. The zero-order valence-electron chi connectivity index (χ0n) is 10.3. The number of halogens is 1. The molecule has 0 aliphatic heterocycles. The van der Waals surface area contributed by atoms with Crippen LogP contribution < -0.4 is 0 Å². The van der Waals surface area contributed by atoms with Gasteiger partial charge in [-0.1, -0.05) is 29.3 Å². The van der Waals surface area contributed by atoms with Crippen LogP contribution in [0.2, 0.25) is 0 Å². The van der Waals surface area contributed by atoms with Gasteiger partial charge in [-0.25, -0.2) is 0 Å². The van der Waals surface area contributed by atoms with E-state index in [1.807, 2.05) is 19.1 Å². The third-order valence-corrected chi connectivity index (χ3v) is 3.81. The van der Waals surface area contributed by atoms with Crippen molar-refractivity contribution < 1.29 is 9.47 Å². The van der Waals surface area contributed by atoms with Gasteiger partial charge in [0.05, 0.1) is 0 Å². The van der Waals surface area contributed by atoms with Gasteiger partial charge in [-0.05, 0) is 19.1 Å². The molecule has 0 unspecified atom stereocenters. The number of rotatable bonds is 6. The van der Waals surface area contributed by atoms with E-state index in [-0.39, 0.29) is 6.29 Å². The fourth-order valence-corrected chi connectivity index (χ4v) is 2.29. The van der Waals surface area contributed by atoms with Gasteiger partial charge in [-0.2, -0.15) is 0 Å². The van der Waals surface area contributed by atoms with Crippen molar-refractivity contribution in [3.8, 4) is 0 Å². The molecule has 1 rings (SSSR count). The molecule has 0 aromatic heterocycles. The molecule has 0 bridgehead atoms. The van der Waals surface area contributed by atoms with Gasteiger partial charge in [-0.15, -0.1) is 11.8 Å². The van der Waals surface area contributed by atoms with Crippen molar-refractivity contribution in [3.05, 3.63) is 40.9 Å². The average molecular weight is 273 g/mol. The third-order valence-electron chi connectivity index (χ3n) is 2.23. The first-order valence-electron chi connectivity index (χ1n) is 5.25. The lowest BCUT2D eigenvalue weighted by atomic mass is 10.2. The van der Waals surface area contributed by atoms with Gasteiger partial charge in [0.25, 0.3) is 0 Å². The predicted molar refractivity (Wildman–Crippen MR) is 73.5 cm³/mol. The van der Waals surface area contributed by atoms with E-state index >= 15 is 0 Å². The minimum atomic E-state index is -0.293. The van der Waals surface area contributed by atoms with Crippen LogP contribution in [0.3, 0.4) is 0 Å². The van der Waals surface area contributed by atoms with Crippen molar-refractivity contribution >= 4 is 23.4 Å². The van der Waals surface area contributed by atoms with E-state index in [2.05, 4.69) is 12.1 Å². The highest BCUT2D eigenvalue weighted by Crippen LogP contribution is 2.24. The van der Waals surface area contributed by atoms with Gasteiger partial charge in [0.15, 0.2) is 6.29 Å². The SMILES string of the molecule is COC(OC)c1ccc(SC/C(C)=C/Cl)cc1. The van der Waals surface area contributed by atoms with Crippen molar-refractivity contribution in [2.24, 2.45) is 0 Å². The second-order valence-corrected chi connectivity index (χ2v) is 4.88. The summed E-state index contributed by atoms with van der Waals surface area (Å²) < 4.78 is 10.4. The standard InChI is InChI=1S/C13H17ClO2S/c1-10(8-14)9-17-12-6-4-11(5-7-12)13(15-2)16-3/h4-8,13H,9H2,1-3H3/b10-8+. The normalized spacial score (nSPS) is 12.2. The molecular formula is C13H17ClO2S. The van der Waals surface area contributed by atoms with Crippen LogP contribution in [0.1, 0.15) is 18.8 Å². The Morgan fingerprint density at radius 3 is 2.35 bits per heavy atom. The van der Waals surface area contributed by atoms with Crippen molar-refractivity contribution in [2.45, 2.75) is 18.1 Å². The first-order valence-corrected chi connectivity index (χ1v) is 6.67. The molecule has 4 heteroatoms. The molecule has 0 N–H and O–H groups in total. The van der Waals surface area contributed by atoms with E-state index in [9.17, 15) is 0 Å². The monoisotopic (exact) mass is 272 g/mol. The van der Waals surface area contributed by atoms with Crippen LogP contribution in [0.5, 0.6) is 0 Å². The van der Waals surface area contributed by atoms with Gasteiger partial charge in [0.2, 0.25) is 0 Å². The lowest BCUT2D eigenvalue weighted by molar-refractivity contribution is -0.106. The van der Waals surface area contributed by atoms with E-state index in [1.54, 1.807) is 31.5 Å². The molecule has 0 fully saturated rings. The van der Waals surface area contributed by atoms with Gasteiger partial charge in [0, 0.05) is 36.0 Å². The summed E-state index contributed by atoms with van der Waals surface area (Å²) in [6, 6.07) is 8.15. The fourth-order valence-electron chi connectivity index (χ4n) is 1.32. The lowest BCUT2D eigenvalue weighted by Crippen LogP contribution is -2.02. The molecule has 0 spiro atoms. The molecule has 0 amide bonds. The Balaban J connectivity index is 2.61. The van der Waals surface area contributed by atoms with E-state index in [0.717, 1.165) is 16.9 Å². The maximum Gasteiger partial charge on any atom is 0.183 e. The first-order chi connectivity index (χ1) is 8.21. The van der Waals surface area contributed by atoms with Crippen LogP contribution in [0.4, 0.5) is 0 Å². The van der Waals surface area contributed by atoms with Gasteiger partial charge in [0.1, 0.15) is 0 Å². The number of hydrogen-bond donors (Lipinski definition) is 0. The number of benzene rings is 1. The third kappa shape index (κ3) is 4.72. The average Bonchev–Trinajstić information content (AvgIpc) is 2.38. The highest BCUT2D eigenvalue weighted by molar-refractivity contribution is 7.99. The minimum Gasteiger partial charge on any atom is -0.352 e. The summed E-state index contributed by atoms with van der Waals surface area (Å²) in [6.07, 6.45) is -0.293. The van der Waals surface area contributed by atoms with Gasteiger partial charge < -0.3 is 9.47 Å². The summed E-state index contributed by atoms with van der Waals surface area (Å²) in [7, 11) is 3.26. The zero-order chi connectivity index (χ0) is 12.7. The van der Waals surface area contributed by atoms with Crippen LogP contribution in [0.25, 0.3) is 0 Å². The molecule has 0 atom stereocenters. The molecule has 0 heterocycles. The zero-order valence-corrected chi connectivity index (χ0v) is 11.8. The molecule has 1 aromatic carbocycles. The van der Waals surface area contributed by atoms with Crippen LogP contribution in [0, 0.1) is 0 Å². The summed E-state index contributed by atoms with van der Waals surface area (Å²) in [5.41, 5.74) is 3.80. The predicted octanol–water partition coefficient (Wildman–Crippen LogP) is 4.21. The van der Waals surface area contributed by atoms with Crippen molar-refractivity contribution in [3.63, 3.8) is 0 Å². The molecule has 17 heavy (non-hydrogen) atoms. The van der Waals surface area contributed by atoms with Crippen molar-refractivity contribution in [2.75, 3.05) is 20.0 Å². The van der Waals surface area contributed by atoms with Gasteiger partial charge >= 0.3 is 0 Å². The van der Waals surface area contributed by atoms with Crippen LogP contribution >= 0.6 is 23.4 Å². The quantitative estimate of drug-likeness (QED) is 0.571. The van der Waals surface area contributed by atoms with Gasteiger partial charge in [-0.3, -0.25) is 0 Å². The molecule has 0 radical (unpaired) electrons.